The van der Waals surface area contributed by atoms with Crippen LogP contribution in [0.5, 0.6) is 0 Å². The second-order valence-corrected chi connectivity index (χ2v) is 5.32. The fourth-order valence-corrected chi connectivity index (χ4v) is 3.56. The summed E-state index contributed by atoms with van der Waals surface area (Å²) in [5.41, 5.74) is 0. The Hall–Kier alpha value is -0.433. The predicted molar refractivity (Wildman–Crippen MR) is 57.5 cm³/mol. The Labute approximate surface area is 92.0 Å². The highest BCUT2D eigenvalue weighted by molar-refractivity contribution is 6.64. The molecule has 0 aromatic heterocycles. The number of esters is 1. The second kappa shape index (κ2) is 7.81. The molecule has 5 nitrogen and oxygen atoms in total. The Morgan fingerprint density at radius 3 is 1.67 bits per heavy atom. The largest absolute Gasteiger partial charge is 0.512 e. The summed E-state index contributed by atoms with van der Waals surface area (Å²) in [5.74, 6) is -0.364. The summed E-state index contributed by atoms with van der Waals surface area (Å²) in [5, 5.41) is 0. The highest BCUT2D eigenvalue weighted by atomic mass is 28.4. The SMILES string of the molecule is CCO[Si](CC(=O)OC)(OCC)OCC. The van der Waals surface area contributed by atoms with Gasteiger partial charge in [-0.05, 0) is 20.8 Å². The summed E-state index contributed by atoms with van der Waals surface area (Å²) in [7, 11) is -1.52. The zero-order valence-corrected chi connectivity index (χ0v) is 10.9. The normalized spacial score (nSPS) is 11.5. The molecule has 90 valence electrons. The zero-order valence-electron chi connectivity index (χ0n) is 9.87. The third-order valence-corrected chi connectivity index (χ3v) is 4.59. The molecule has 0 aromatic rings. The maximum absolute atomic E-state index is 11.2. The van der Waals surface area contributed by atoms with E-state index in [2.05, 4.69) is 4.74 Å². The molecule has 0 saturated carbocycles. The fraction of sp³-hybridized carbons (Fsp3) is 0.889. The third-order valence-electron chi connectivity index (χ3n) is 1.68. The summed E-state index contributed by atoms with van der Waals surface area (Å²) in [4.78, 5) is 11.2. The van der Waals surface area contributed by atoms with Gasteiger partial charge in [0, 0.05) is 19.8 Å². The molecule has 0 amide bonds. The molecule has 0 spiro atoms. The van der Waals surface area contributed by atoms with Crippen LogP contribution in [0.4, 0.5) is 0 Å². The van der Waals surface area contributed by atoms with Crippen LogP contribution >= 0.6 is 0 Å². The van der Waals surface area contributed by atoms with Crippen LogP contribution in [-0.2, 0) is 22.8 Å². The Morgan fingerprint density at radius 1 is 1.00 bits per heavy atom. The van der Waals surface area contributed by atoms with Gasteiger partial charge in [-0.3, -0.25) is 4.79 Å². The van der Waals surface area contributed by atoms with Gasteiger partial charge < -0.3 is 18.0 Å². The highest BCUT2D eigenvalue weighted by Gasteiger charge is 2.43. The molecule has 0 saturated heterocycles. The molecule has 0 N–H and O–H groups in total. The maximum atomic E-state index is 11.2. The van der Waals surface area contributed by atoms with Gasteiger partial charge in [0.15, 0.2) is 0 Å². The molecule has 0 aliphatic heterocycles. The van der Waals surface area contributed by atoms with Gasteiger partial charge in [-0.1, -0.05) is 0 Å². The average Bonchev–Trinajstić information content (AvgIpc) is 2.18. The van der Waals surface area contributed by atoms with Crippen LogP contribution in [-0.4, -0.2) is 41.7 Å². The number of hydrogen-bond donors (Lipinski definition) is 0. The standard InChI is InChI=1S/C9H20O5Si/c1-5-12-15(13-6-2,14-7-3)8-9(10)11-4/h5-8H2,1-4H3. The van der Waals surface area contributed by atoms with E-state index in [9.17, 15) is 4.79 Å². The quantitative estimate of drug-likeness (QED) is 0.468. The Morgan fingerprint density at radius 2 is 1.40 bits per heavy atom. The van der Waals surface area contributed by atoms with Crippen molar-refractivity contribution >= 4 is 14.8 Å². The minimum atomic E-state index is -2.85. The van der Waals surface area contributed by atoms with Gasteiger partial charge in [0.25, 0.3) is 0 Å². The van der Waals surface area contributed by atoms with Crippen molar-refractivity contribution in [2.24, 2.45) is 0 Å². The number of methoxy groups -OCH3 is 1. The number of hydrogen-bond acceptors (Lipinski definition) is 5. The molecule has 0 unspecified atom stereocenters. The third kappa shape index (κ3) is 5.27. The molecular weight excluding hydrogens is 216 g/mol. The van der Waals surface area contributed by atoms with Crippen LogP contribution in [0.2, 0.25) is 6.04 Å². The summed E-state index contributed by atoms with van der Waals surface area (Å²) in [6.07, 6.45) is 0. The first-order valence-electron chi connectivity index (χ1n) is 5.12. The van der Waals surface area contributed by atoms with Crippen LogP contribution < -0.4 is 0 Å². The van der Waals surface area contributed by atoms with Gasteiger partial charge in [0.1, 0.15) is 6.04 Å². The molecule has 0 aliphatic rings. The molecule has 0 bridgehead atoms. The summed E-state index contributed by atoms with van der Waals surface area (Å²) in [6, 6.07) is 0.0685. The molecule has 0 aliphatic carbocycles. The van der Waals surface area contributed by atoms with E-state index in [0.29, 0.717) is 19.8 Å². The molecule has 0 atom stereocenters. The lowest BCUT2D eigenvalue weighted by molar-refractivity contribution is -0.139. The minimum Gasteiger partial charge on any atom is -0.469 e. The van der Waals surface area contributed by atoms with Crippen molar-refractivity contribution in [2.75, 3.05) is 26.9 Å². The summed E-state index contributed by atoms with van der Waals surface area (Å²) in [6.45, 7) is 6.92. The Bertz CT molecular complexity index is 168. The van der Waals surface area contributed by atoms with E-state index in [0.717, 1.165) is 0 Å². The van der Waals surface area contributed by atoms with Crippen LogP contribution in [0.25, 0.3) is 0 Å². The van der Waals surface area contributed by atoms with Crippen molar-refractivity contribution in [3.63, 3.8) is 0 Å². The van der Waals surface area contributed by atoms with E-state index in [-0.39, 0.29) is 12.0 Å². The molecular formula is C9H20O5Si. The fourth-order valence-electron chi connectivity index (χ4n) is 1.19. The van der Waals surface area contributed by atoms with Gasteiger partial charge >= 0.3 is 14.8 Å². The lowest BCUT2D eigenvalue weighted by atomic mass is 10.8. The molecule has 0 heterocycles. The number of ether oxygens (including phenoxy) is 1. The van der Waals surface area contributed by atoms with Crippen LogP contribution in [0.1, 0.15) is 20.8 Å². The van der Waals surface area contributed by atoms with E-state index in [4.69, 9.17) is 13.3 Å². The average molecular weight is 236 g/mol. The van der Waals surface area contributed by atoms with Gasteiger partial charge in [-0.25, -0.2) is 0 Å². The van der Waals surface area contributed by atoms with Crippen molar-refractivity contribution in [2.45, 2.75) is 26.8 Å². The topological polar surface area (TPSA) is 54.0 Å². The van der Waals surface area contributed by atoms with Crippen molar-refractivity contribution < 1.29 is 22.8 Å². The van der Waals surface area contributed by atoms with Gasteiger partial charge in [0.2, 0.25) is 0 Å². The maximum Gasteiger partial charge on any atom is 0.512 e. The first-order chi connectivity index (χ1) is 7.14. The number of rotatable bonds is 8. The van der Waals surface area contributed by atoms with E-state index in [1.165, 1.54) is 7.11 Å². The smallest absolute Gasteiger partial charge is 0.469 e. The first kappa shape index (κ1) is 14.6. The minimum absolute atomic E-state index is 0.0685. The first-order valence-corrected chi connectivity index (χ1v) is 7.06. The Balaban J connectivity index is 4.51. The molecule has 0 rings (SSSR count). The van der Waals surface area contributed by atoms with Crippen molar-refractivity contribution in [1.29, 1.82) is 0 Å². The van der Waals surface area contributed by atoms with Gasteiger partial charge in [-0.2, -0.15) is 0 Å². The van der Waals surface area contributed by atoms with E-state index >= 15 is 0 Å². The summed E-state index contributed by atoms with van der Waals surface area (Å²) >= 11 is 0. The van der Waals surface area contributed by atoms with Crippen LogP contribution in [0, 0.1) is 0 Å². The number of carbonyl (C=O) groups excluding carboxylic acids is 1. The number of carbonyl (C=O) groups is 1. The van der Waals surface area contributed by atoms with Gasteiger partial charge in [-0.15, -0.1) is 0 Å². The van der Waals surface area contributed by atoms with Gasteiger partial charge in [0.05, 0.1) is 7.11 Å². The molecule has 0 fully saturated rings. The molecule has 0 radical (unpaired) electrons. The zero-order chi connectivity index (χ0) is 11.7. The van der Waals surface area contributed by atoms with E-state index in [1.807, 2.05) is 20.8 Å². The monoisotopic (exact) mass is 236 g/mol. The van der Waals surface area contributed by atoms with Crippen molar-refractivity contribution in [1.82, 2.24) is 0 Å². The van der Waals surface area contributed by atoms with Crippen molar-refractivity contribution in [3.05, 3.63) is 0 Å². The summed E-state index contributed by atoms with van der Waals surface area (Å²) < 4.78 is 21.0. The lowest BCUT2D eigenvalue weighted by Gasteiger charge is -2.27. The molecule has 15 heavy (non-hydrogen) atoms. The Kier molecular flexibility index (Phi) is 7.58. The second-order valence-electron chi connectivity index (χ2n) is 2.73. The van der Waals surface area contributed by atoms with Crippen LogP contribution in [0.3, 0.4) is 0 Å². The lowest BCUT2D eigenvalue weighted by Crippen LogP contribution is -2.47. The molecule has 0 aromatic carbocycles. The van der Waals surface area contributed by atoms with Crippen molar-refractivity contribution in [3.8, 4) is 0 Å². The predicted octanol–water partition coefficient (Wildman–Crippen LogP) is 1.21. The van der Waals surface area contributed by atoms with E-state index < -0.39 is 8.80 Å². The molecule has 6 heteroatoms. The van der Waals surface area contributed by atoms with E-state index in [1.54, 1.807) is 0 Å². The van der Waals surface area contributed by atoms with Crippen LogP contribution in [0.15, 0.2) is 0 Å². The highest BCUT2D eigenvalue weighted by Crippen LogP contribution is 2.16.